The van der Waals surface area contributed by atoms with Gasteiger partial charge in [0.05, 0.1) is 6.61 Å². The maximum atomic E-state index is 11.3. The first-order chi connectivity index (χ1) is 7.25. The Bertz CT molecular complexity index is 291. The SMILES string of the molecule is C=C(CNC1C(C)(C)C1(C)C)C(=O)OCC. The van der Waals surface area contributed by atoms with Crippen LogP contribution in [0.5, 0.6) is 0 Å². The van der Waals surface area contributed by atoms with E-state index in [0.717, 1.165) is 0 Å². The standard InChI is InChI=1S/C13H23NO2/c1-7-16-10(15)9(2)8-14-11-12(3,4)13(11,5)6/h11,14H,2,7-8H2,1,3-6H3. The van der Waals surface area contributed by atoms with Crippen LogP contribution in [0.1, 0.15) is 34.6 Å². The number of rotatable bonds is 5. The number of hydrogen-bond acceptors (Lipinski definition) is 3. The van der Waals surface area contributed by atoms with Crippen molar-refractivity contribution in [3.63, 3.8) is 0 Å². The highest BCUT2D eigenvalue weighted by Gasteiger charge is 2.64. The van der Waals surface area contributed by atoms with Crippen molar-refractivity contribution in [1.29, 1.82) is 0 Å². The predicted octanol–water partition coefficient (Wildman–Crippen LogP) is 2.13. The lowest BCUT2D eigenvalue weighted by Gasteiger charge is -2.08. The highest BCUT2D eigenvalue weighted by atomic mass is 16.5. The van der Waals surface area contributed by atoms with Gasteiger partial charge in [-0.15, -0.1) is 0 Å². The molecule has 3 heteroatoms. The summed E-state index contributed by atoms with van der Waals surface area (Å²) in [6.45, 7) is 15.4. The summed E-state index contributed by atoms with van der Waals surface area (Å²) in [6.07, 6.45) is 0. The summed E-state index contributed by atoms with van der Waals surface area (Å²) in [6, 6.07) is 0.436. The van der Waals surface area contributed by atoms with Crippen LogP contribution in [0.2, 0.25) is 0 Å². The number of nitrogens with one attached hydrogen (secondary N) is 1. The van der Waals surface area contributed by atoms with Crippen LogP contribution >= 0.6 is 0 Å². The van der Waals surface area contributed by atoms with E-state index in [4.69, 9.17) is 4.74 Å². The predicted molar refractivity (Wildman–Crippen MR) is 65.1 cm³/mol. The molecule has 0 spiro atoms. The van der Waals surface area contributed by atoms with Gasteiger partial charge in [0.2, 0.25) is 0 Å². The monoisotopic (exact) mass is 225 g/mol. The fourth-order valence-corrected chi connectivity index (χ4v) is 2.24. The van der Waals surface area contributed by atoms with E-state index in [1.807, 2.05) is 0 Å². The Morgan fingerprint density at radius 3 is 2.19 bits per heavy atom. The molecule has 0 radical (unpaired) electrons. The van der Waals surface area contributed by atoms with E-state index in [1.165, 1.54) is 0 Å². The van der Waals surface area contributed by atoms with E-state index in [-0.39, 0.29) is 16.8 Å². The van der Waals surface area contributed by atoms with Crippen LogP contribution < -0.4 is 5.32 Å². The van der Waals surface area contributed by atoms with Crippen LogP contribution in [0.3, 0.4) is 0 Å². The normalized spacial score (nSPS) is 21.6. The molecular weight excluding hydrogens is 202 g/mol. The van der Waals surface area contributed by atoms with Gasteiger partial charge >= 0.3 is 5.97 Å². The first-order valence-corrected chi connectivity index (χ1v) is 5.83. The van der Waals surface area contributed by atoms with Crippen LogP contribution in [0, 0.1) is 10.8 Å². The summed E-state index contributed by atoms with van der Waals surface area (Å²) < 4.78 is 4.88. The second-order valence-corrected chi connectivity index (χ2v) is 5.58. The first-order valence-electron chi connectivity index (χ1n) is 5.83. The van der Waals surface area contributed by atoms with Gasteiger partial charge in [0.15, 0.2) is 0 Å². The lowest BCUT2D eigenvalue weighted by molar-refractivity contribution is -0.138. The zero-order valence-electron chi connectivity index (χ0n) is 11.0. The molecular formula is C13H23NO2. The van der Waals surface area contributed by atoms with Gasteiger partial charge in [0.25, 0.3) is 0 Å². The zero-order valence-corrected chi connectivity index (χ0v) is 11.0. The van der Waals surface area contributed by atoms with E-state index in [0.29, 0.717) is 24.8 Å². The van der Waals surface area contributed by atoms with Gasteiger partial charge in [0.1, 0.15) is 0 Å². The largest absolute Gasteiger partial charge is 0.463 e. The van der Waals surface area contributed by atoms with E-state index in [1.54, 1.807) is 6.92 Å². The molecule has 1 fully saturated rings. The van der Waals surface area contributed by atoms with Gasteiger partial charge in [-0.05, 0) is 17.8 Å². The average Bonchev–Trinajstić information content (AvgIpc) is 2.55. The Labute approximate surface area is 98.2 Å². The summed E-state index contributed by atoms with van der Waals surface area (Å²) in [5, 5.41) is 3.38. The van der Waals surface area contributed by atoms with Crippen molar-refractivity contribution >= 4 is 5.97 Å². The molecule has 0 aromatic carbocycles. The minimum absolute atomic E-state index is 0.280. The summed E-state index contributed by atoms with van der Waals surface area (Å²) in [7, 11) is 0. The van der Waals surface area contributed by atoms with Gasteiger partial charge in [-0.2, -0.15) is 0 Å². The smallest absolute Gasteiger partial charge is 0.334 e. The summed E-state index contributed by atoms with van der Waals surface area (Å²) in [5.41, 5.74) is 1.06. The molecule has 1 N–H and O–H groups in total. The molecule has 0 aromatic heterocycles. The molecule has 0 amide bonds. The second-order valence-electron chi connectivity index (χ2n) is 5.58. The second kappa shape index (κ2) is 4.21. The molecule has 3 nitrogen and oxygen atoms in total. The average molecular weight is 225 g/mol. The van der Waals surface area contributed by atoms with E-state index in [2.05, 4.69) is 39.6 Å². The fourth-order valence-electron chi connectivity index (χ4n) is 2.24. The molecule has 0 atom stereocenters. The number of carbonyl (C=O) groups is 1. The first kappa shape index (κ1) is 13.2. The van der Waals surface area contributed by atoms with Crippen LogP contribution in [0.4, 0.5) is 0 Å². The molecule has 0 aromatic rings. The molecule has 0 saturated heterocycles. The third kappa shape index (κ3) is 2.14. The molecule has 0 bridgehead atoms. The van der Waals surface area contributed by atoms with Crippen LogP contribution in [-0.2, 0) is 9.53 Å². The maximum Gasteiger partial charge on any atom is 0.334 e. The molecule has 0 aliphatic heterocycles. The highest BCUT2D eigenvalue weighted by molar-refractivity contribution is 5.88. The van der Waals surface area contributed by atoms with Gasteiger partial charge in [0, 0.05) is 18.2 Å². The molecule has 1 aliphatic carbocycles. The van der Waals surface area contributed by atoms with E-state index in [9.17, 15) is 4.79 Å². The Balaban J connectivity index is 2.38. The minimum Gasteiger partial charge on any atom is -0.463 e. The molecule has 92 valence electrons. The Morgan fingerprint density at radius 2 is 1.81 bits per heavy atom. The molecule has 0 heterocycles. The zero-order chi connectivity index (χ0) is 12.6. The summed E-state index contributed by atoms with van der Waals surface area (Å²) in [4.78, 5) is 11.3. The van der Waals surface area contributed by atoms with Crippen LogP contribution in [-0.4, -0.2) is 25.2 Å². The fraction of sp³-hybridized carbons (Fsp3) is 0.769. The molecule has 1 saturated carbocycles. The van der Waals surface area contributed by atoms with Crippen molar-refractivity contribution in [2.75, 3.05) is 13.2 Å². The topological polar surface area (TPSA) is 38.3 Å². The van der Waals surface area contributed by atoms with Crippen molar-refractivity contribution in [2.45, 2.75) is 40.7 Å². The van der Waals surface area contributed by atoms with Crippen molar-refractivity contribution in [1.82, 2.24) is 5.32 Å². The van der Waals surface area contributed by atoms with Crippen molar-refractivity contribution in [2.24, 2.45) is 10.8 Å². The van der Waals surface area contributed by atoms with Crippen molar-refractivity contribution < 1.29 is 9.53 Å². The van der Waals surface area contributed by atoms with Gasteiger partial charge in [-0.1, -0.05) is 34.3 Å². The van der Waals surface area contributed by atoms with Gasteiger partial charge < -0.3 is 10.1 Å². The Morgan fingerprint density at radius 1 is 1.31 bits per heavy atom. The van der Waals surface area contributed by atoms with Crippen LogP contribution in [0.15, 0.2) is 12.2 Å². The number of ether oxygens (including phenoxy) is 1. The number of hydrogen-bond donors (Lipinski definition) is 1. The third-order valence-corrected chi connectivity index (χ3v) is 4.10. The number of esters is 1. The molecule has 1 aliphatic rings. The summed E-state index contributed by atoms with van der Waals surface area (Å²) >= 11 is 0. The Hall–Kier alpha value is -0.830. The van der Waals surface area contributed by atoms with E-state index < -0.39 is 0 Å². The van der Waals surface area contributed by atoms with Gasteiger partial charge in [-0.25, -0.2) is 4.79 Å². The number of carbonyl (C=O) groups excluding carboxylic acids is 1. The quantitative estimate of drug-likeness (QED) is 0.575. The molecule has 16 heavy (non-hydrogen) atoms. The summed E-state index contributed by atoms with van der Waals surface area (Å²) in [5.74, 6) is -0.300. The van der Waals surface area contributed by atoms with E-state index >= 15 is 0 Å². The van der Waals surface area contributed by atoms with Crippen molar-refractivity contribution in [3.8, 4) is 0 Å². The highest BCUT2D eigenvalue weighted by Crippen LogP contribution is 2.62. The lowest BCUT2D eigenvalue weighted by Crippen LogP contribution is -2.27. The van der Waals surface area contributed by atoms with Crippen molar-refractivity contribution in [3.05, 3.63) is 12.2 Å². The maximum absolute atomic E-state index is 11.3. The third-order valence-electron chi connectivity index (χ3n) is 4.10. The van der Waals surface area contributed by atoms with Crippen LogP contribution in [0.25, 0.3) is 0 Å². The molecule has 0 unspecified atom stereocenters. The lowest BCUT2D eigenvalue weighted by atomic mass is 10.0. The van der Waals surface area contributed by atoms with Gasteiger partial charge in [-0.3, -0.25) is 0 Å². The Kier molecular flexibility index (Phi) is 3.48. The minimum atomic E-state index is -0.300. The molecule has 1 rings (SSSR count).